The summed E-state index contributed by atoms with van der Waals surface area (Å²) in [5, 5.41) is 9.81. The zero-order valence-corrected chi connectivity index (χ0v) is 39.1. The van der Waals surface area contributed by atoms with Gasteiger partial charge in [0.2, 0.25) is 0 Å². The molecule has 6 heteroatoms. The molecule has 3 aliphatic rings. The number of hydrogen-bond acceptors (Lipinski definition) is 4. The summed E-state index contributed by atoms with van der Waals surface area (Å²) in [6.07, 6.45) is 2.33. The smallest absolute Gasteiger partial charge is 0.333 e. The number of thiophene rings is 1. The van der Waals surface area contributed by atoms with Crippen LogP contribution in [-0.4, -0.2) is 11.4 Å². The number of fused-ring (bicyclic) bond motifs is 19. The fraction of sp³-hybridized carbons (Fsp3) is 0.200. The van der Waals surface area contributed by atoms with Crippen LogP contribution >= 0.6 is 11.3 Å². The van der Waals surface area contributed by atoms with Crippen LogP contribution in [0.25, 0.3) is 103 Å². The van der Waals surface area contributed by atoms with Crippen LogP contribution in [0.1, 0.15) is 78.0 Å². The van der Waals surface area contributed by atoms with Crippen molar-refractivity contribution in [1.82, 2.24) is 4.57 Å². The first-order valence-corrected chi connectivity index (χ1v) is 24.5. The molecule has 0 saturated heterocycles. The zero-order chi connectivity index (χ0) is 44.3. The Labute approximate surface area is 387 Å². The fourth-order valence-corrected chi connectivity index (χ4v) is 13.8. The van der Waals surface area contributed by atoms with Crippen LogP contribution in [0.5, 0.6) is 0 Å². The van der Waals surface area contributed by atoms with Crippen molar-refractivity contribution in [2.45, 2.75) is 77.6 Å². The third-order valence-electron chi connectivity index (χ3n) is 16.2. The molecule has 0 radical (unpaired) electrons. The maximum Gasteiger partial charge on any atom is 0.333 e. The van der Waals surface area contributed by atoms with E-state index in [-0.39, 0.29) is 23.1 Å². The maximum absolute atomic E-state index is 7.04. The minimum atomic E-state index is -0.113. The molecule has 4 nitrogen and oxygen atoms in total. The molecule has 4 aromatic heterocycles. The van der Waals surface area contributed by atoms with Gasteiger partial charge in [0, 0.05) is 75.1 Å². The van der Waals surface area contributed by atoms with E-state index in [9.17, 15) is 0 Å². The molecule has 1 aliphatic carbocycles. The van der Waals surface area contributed by atoms with Crippen molar-refractivity contribution in [1.29, 1.82) is 0 Å². The number of aromatic nitrogens is 1. The molecule has 6 heterocycles. The predicted molar refractivity (Wildman–Crippen MR) is 281 cm³/mol. The van der Waals surface area contributed by atoms with E-state index in [1.807, 2.05) is 11.3 Å². The molecule has 0 N–H and O–H groups in total. The summed E-state index contributed by atoms with van der Waals surface area (Å²) in [6.45, 7) is 16.5. The molecular weight excluding hydrogens is 824 g/mol. The van der Waals surface area contributed by atoms with E-state index in [0.29, 0.717) is 0 Å². The first-order valence-electron chi connectivity index (χ1n) is 23.6. The van der Waals surface area contributed by atoms with Gasteiger partial charge < -0.3 is 18.2 Å². The van der Waals surface area contributed by atoms with E-state index in [0.717, 1.165) is 34.1 Å². The van der Waals surface area contributed by atoms with Crippen LogP contribution in [0.15, 0.2) is 142 Å². The summed E-state index contributed by atoms with van der Waals surface area (Å²) >= 11 is 1.90. The third-order valence-corrected chi connectivity index (χ3v) is 17.3. The van der Waals surface area contributed by atoms with E-state index < -0.39 is 0 Å². The second-order valence-electron chi connectivity index (χ2n) is 21.9. The van der Waals surface area contributed by atoms with Crippen molar-refractivity contribution < 1.29 is 8.83 Å². The van der Waals surface area contributed by atoms with Crippen LogP contribution in [0.3, 0.4) is 0 Å². The summed E-state index contributed by atoms with van der Waals surface area (Å²) in [4.78, 5) is 2.68. The Morgan fingerprint density at radius 2 is 1.24 bits per heavy atom. The Morgan fingerprint density at radius 1 is 0.545 bits per heavy atom. The molecule has 0 fully saturated rings. The van der Waals surface area contributed by atoms with Crippen molar-refractivity contribution >= 4 is 126 Å². The topological polar surface area (TPSA) is 34.5 Å². The van der Waals surface area contributed by atoms with Crippen LogP contribution in [0.4, 0.5) is 11.4 Å². The van der Waals surface area contributed by atoms with Gasteiger partial charge in [0.05, 0.1) is 11.0 Å². The van der Waals surface area contributed by atoms with Gasteiger partial charge in [-0.1, -0.05) is 109 Å². The average Bonchev–Trinajstić information content (AvgIpc) is 4.06. The molecule has 0 atom stereocenters. The van der Waals surface area contributed by atoms with Gasteiger partial charge in [0.1, 0.15) is 22.3 Å². The standard InChI is InChI=1S/C60H47BN2O2S/c1-58(2,3)32-16-18-33(19-17-32)63-46-27-40-39-26-42-43(60(6,7)25-24-59(42,4)5)30-51(39)65-50(40)29-38(46)35-20-21-37-54-45(22-23-49-55(54)36-13-8-10-14-48(36)64-49)62-47-28-41-34-12-9-11-15-52(34)66-53(41)31-44(47)61(63)56(35)57(37)62/h8-23,26-31H,24-25H2,1-7H3. The largest absolute Gasteiger partial charge is 0.456 e. The molecule has 8 aromatic carbocycles. The van der Waals surface area contributed by atoms with Crippen LogP contribution in [-0.2, 0) is 16.2 Å². The molecule has 66 heavy (non-hydrogen) atoms. The molecule has 318 valence electrons. The Hall–Kier alpha value is -6.76. The molecule has 0 saturated carbocycles. The molecule has 0 amide bonds. The highest BCUT2D eigenvalue weighted by Crippen LogP contribution is 2.52. The first kappa shape index (κ1) is 37.5. The second-order valence-corrected chi connectivity index (χ2v) is 23.0. The first-order chi connectivity index (χ1) is 31.8. The number of anilines is 2. The minimum Gasteiger partial charge on any atom is -0.456 e. The summed E-state index contributed by atoms with van der Waals surface area (Å²) in [5.41, 5.74) is 19.3. The molecular formula is C60H47BN2O2S. The van der Waals surface area contributed by atoms with Crippen molar-refractivity contribution in [3.8, 4) is 16.8 Å². The number of nitrogens with zero attached hydrogens (tertiary/aromatic N) is 2. The minimum absolute atomic E-state index is 0.0220. The van der Waals surface area contributed by atoms with Crippen molar-refractivity contribution in [3.63, 3.8) is 0 Å². The lowest BCUT2D eigenvalue weighted by Gasteiger charge is -2.42. The summed E-state index contributed by atoms with van der Waals surface area (Å²) in [7, 11) is 0. The van der Waals surface area contributed by atoms with Crippen molar-refractivity contribution in [2.75, 3.05) is 4.81 Å². The fourth-order valence-electron chi connectivity index (χ4n) is 12.6. The molecule has 15 rings (SSSR count). The number of rotatable bonds is 1. The number of benzene rings is 8. The molecule has 0 unspecified atom stereocenters. The highest BCUT2D eigenvalue weighted by molar-refractivity contribution is 7.26. The molecule has 0 bridgehead atoms. The van der Waals surface area contributed by atoms with Gasteiger partial charge in [0.25, 0.3) is 0 Å². The highest BCUT2D eigenvalue weighted by Gasteiger charge is 2.45. The third kappa shape index (κ3) is 4.70. The monoisotopic (exact) mass is 870 g/mol. The van der Waals surface area contributed by atoms with Crippen molar-refractivity contribution in [2.24, 2.45) is 0 Å². The number of para-hydroxylation sites is 1. The van der Waals surface area contributed by atoms with Gasteiger partial charge in [0.15, 0.2) is 0 Å². The highest BCUT2D eigenvalue weighted by atomic mass is 32.1. The maximum atomic E-state index is 7.04. The number of hydrogen-bond donors (Lipinski definition) is 0. The summed E-state index contributed by atoms with van der Waals surface area (Å²) < 4.78 is 18.9. The Kier molecular flexibility index (Phi) is 6.91. The zero-order valence-electron chi connectivity index (χ0n) is 38.3. The summed E-state index contributed by atoms with van der Waals surface area (Å²) in [5.74, 6) is 0. The van der Waals surface area contributed by atoms with Gasteiger partial charge >= 0.3 is 6.85 Å². The Morgan fingerprint density at radius 3 is 2.05 bits per heavy atom. The SMILES string of the molecule is CC(C)(C)c1ccc(N2B3c4cc5sc6ccccc6c5cc4-n4c5ccc6oc7ccccc7c6c5c5ccc(c3c54)-c3cc4oc5cc6c(cc5c4cc32)C(C)(C)CCC6(C)C)cc1. The Balaban J connectivity index is 1.11. The van der Waals surface area contributed by atoms with E-state index in [1.54, 1.807) is 0 Å². The normalized spacial score (nSPS) is 16.2. The van der Waals surface area contributed by atoms with E-state index in [2.05, 4.69) is 191 Å². The van der Waals surface area contributed by atoms with Crippen LogP contribution in [0, 0.1) is 0 Å². The average molecular weight is 871 g/mol. The summed E-state index contributed by atoms with van der Waals surface area (Å²) in [6, 6.07) is 50.9. The molecule has 0 spiro atoms. The van der Waals surface area contributed by atoms with Gasteiger partial charge in [-0.2, -0.15) is 0 Å². The Bertz CT molecular complexity index is 4170. The molecule has 2 aliphatic heterocycles. The van der Waals surface area contributed by atoms with Gasteiger partial charge in [-0.15, -0.1) is 11.3 Å². The van der Waals surface area contributed by atoms with E-state index in [1.165, 1.54) is 120 Å². The predicted octanol–water partition coefficient (Wildman–Crippen LogP) is 15.8. The van der Waals surface area contributed by atoms with E-state index >= 15 is 0 Å². The van der Waals surface area contributed by atoms with Gasteiger partial charge in [-0.05, 0) is 135 Å². The van der Waals surface area contributed by atoms with Gasteiger partial charge in [-0.25, -0.2) is 0 Å². The second kappa shape index (κ2) is 12.2. The lowest BCUT2D eigenvalue weighted by molar-refractivity contribution is 0.332. The lowest BCUT2D eigenvalue weighted by atomic mass is 9.44. The lowest BCUT2D eigenvalue weighted by Crippen LogP contribution is -2.60. The van der Waals surface area contributed by atoms with E-state index in [4.69, 9.17) is 8.83 Å². The quantitative estimate of drug-likeness (QED) is 0.154. The van der Waals surface area contributed by atoms with Crippen LogP contribution in [0.2, 0.25) is 0 Å². The number of furan rings is 2. The van der Waals surface area contributed by atoms with Crippen LogP contribution < -0.4 is 15.7 Å². The van der Waals surface area contributed by atoms with Gasteiger partial charge in [-0.3, -0.25) is 0 Å². The van der Waals surface area contributed by atoms with Crippen molar-refractivity contribution in [3.05, 3.63) is 150 Å². The molecule has 12 aromatic rings.